The first-order valence-corrected chi connectivity index (χ1v) is 10.4. The van der Waals surface area contributed by atoms with Crippen molar-refractivity contribution < 1.29 is 19.1 Å². The molecule has 0 aliphatic heterocycles. The number of amides is 3. The highest BCUT2D eigenvalue weighted by Gasteiger charge is 2.19. The first-order chi connectivity index (χ1) is 15.3. The monoisotopic (exact) mass is 436 g/mol. The number of nitriles is 1. The Kier molecular flexibility index (Phi) is 9.23. The molecule has 0 radical (unpaired) electrons. The summed E-state index contributed by atoms with van der Waals surface area (Å²) in [7, 11) is 0. The van der Waals surface area contributed by atoms with Gasteiger partial charge in [-0.15, -0.1) is 0 Å². The van der Waals surface area contributed by atoms with Gasteiger partial charge >= 0.3 is 0 Å². The topological polar surface area (TPSA) is 112 Å². The van der Waals surface area contributed by atoms with Crippen molar-refractivity contribution in [3.8, 4) is 11.8 Å². The van der Waals surface area contributed by atoms with Crippen LogP contribution in [0.5, 0.6) is 5.75 Å². The molecule has 0 saturated heterocycles. The van der Waals surface area contributed by atoms with Crippen LogP contribution in [0, 0.1) is 25.2 Å². The van der Waals surface area contributed by atoms with Crippen LogP contribution in [-0.4, -0.2) is 30.4 Å². The van der Waals surface area contributed by atoms with E-state index in [2.05, 4.69) is 10.9 Å². The standard InChI is InChI=1S/C24H28N4O4/c1-17-9-7-12-21(18(17)2)32-19(3)24(31)27-26-22(29)13-14-23(30)28(16-8-15-25)20-10-5-4-6-11-20/h4-7,9-12,19H,8,13-14,16H2,1-3H3,(H,26,29)(H,27,31). The van der Waals surface area contributed by atoms with E-state index in [1.807, 2.05) is 38.1 Å². The lowest BCUT2D eigenvalue weighted by molar-refractivity contribution is -0.133. The maximum Gasteiger partial charge on any atom is 0.279 e. The lowest BCUT2D eigenvalue weighted by Crippen LogP contribution is -2.47. The smallest absolute Gasteiger partial charge is 0.279 e. The van der Waals surface area contributed by atoms with Crippen LogP contribution in [0.3, 0.4) is 0 Å². The molecule has 3 amide bonds. The maximum atomic E-state index is 12.6. The number of hydrazine groups is 1. The summed E-state index contributed by atoms with van der Waals surface area (Å²) in [4.78, 5) is 38.4. The number of rotatable bonds is 9. The second-order valence-corrected chi connectivity index (χ2v) is 7.28. The van der Waals surface area contributed by atoms with Gasteiger partial charge in [0.2, 0.25) is 11.8 Å². The van der Waals surface area contributed by atoms with E-state index < -0.39 is 17.9 Å². The molecule has 0 fully saturated rings. The number of anilines is 1. The first kappa shape index (κ1) is 24.4. The number of carbonyl (C=O) groups is 3. The quantitative estimate of drug-likeness (QED) is 0.587. The molecule has 0 saturated carbocycles. The average molecular weight is 437 g/mol. The van der Waals surface area contributed by atoms with E-state index in [0.29, 0.717) is 11.4 Å². The molecule has 2 rings (SSSR count). The molecule has 2 N–H and O–H groups in total. The summed E-state index contributed by atoms with van der Waals surface area (Å²) < 4.78 is 5.69. The van der Waals surface area contributed by atoms with Gasteiger partial charge in [-0.2, -0.15) is 5.26 Å². The van der Waals surface area contributed by atoms with E-state index in [-0.39, 0.29) is 31.7 Å². The molecule has 8 nitrogen and oxygen atoms in total. The summed E-state index contributed by atoms with van der Waals surface area (Å²) in [5.74, 6) is -0.688. The Labute approximate surface area is 188 Å². The molecular weight excluding hydrogens is 408 g/mol. The molecular formula is C24H28N4O4. The van der Waals surface area contributed by atoms with Gasteiger partial charge in [-0.1, -0.05) is 30.3 Å². The van der Waals surface area contributed by atoms with Gasteiger partial charge in [0.25, 0.3) is 5.91 Å². The van der Waals surface area contributed by atoms with Crippen LogP contribution >= 0.6 is 0 Å². The van der Waals surface area contributed by atoms with Crippen molar-refractivity contribution in [2.45, 2.75) is 46.1 Å². The molecule has 0 bridgehead atoms. The summed E-state index contributed by atoms with van der Waals surface area (Å²) in [6.45, 7) is 5.68. The Hall–Kier alpha value is -3.86. The third-order valence-corrected chi connectivity index (χ3v) is 4.94. The van der Waals surface area contributed by atoms with Crippen LogP contribution in [0.4, 0.5) is 5.69 Å². The van der Waals surface area contributed by atoms with E-state index in [4.69, 9.17) is 10.00 Å². The molecule has 1 atom stereocenters. The van der Waals surface area contributed by atoms with E-state index in [1.54, 1.807) is 37.3 Å². The van der Waals surface area contributed by atoms with Crippen molar-refractivity contribution in [3.05, 3.63) is 59.7 Å². The maximum absolute atomic E-state index is 12.6. The summed E-state index contributed by atoms with van der Waals surface area (Å²) in [6, 6.07) is 16.6. The van der Waals surface area contributed by atoms with Gasteiger partial charge in [0, 0.05) is 25.1 Å². The number of carbonyl (C=O) groups excluding carboxylic acids is 3. The van der Waals surface area contributed by atoms with Gasteiger partial charge in [-0.05, 0) is 50.1 Å². The molecule has 0 aliphatic rings. The Morgan fingerprint density at radius 3 is 2.44 bits per heavy atom. The predicted molar refractivity (Wildman–Crippen MR) is 121 cm³/mol. The normalized spacial score (nSPS) is 11.1. The van der Waals surface area contributed by atoms with Crippen molar-refractivity contribution >= 4 is 23.4 Å². The number of nitrogens with zero attached hydrogens (tertiary/aromatic N) is 2. The van der Waals surface area contributed by atoms with Crippen molar-refractivity contribution in [1.29, 1.82) is 5.26 Å². The minimum Gasteiger partial charge on any atom is -0.481 e. The van der Waals surface area contributed by atoms with Crippen LogP contribution in [0.15, 0.2) is 48.5 Å². The van der Waals surface area contributed by atoms with Crippen molar-refractivity contribution in [2.24, 2.45) is 0 Å². The van der Waals surface area contributed by atoms with E-state index in [0.717, 1.165) is 11.1 Å². The summed E-state index contributed by atoms with van der Waals surface area (Å²) >= 11 is 0. The van der Waals surface area contributed by atoms with Crippen LogP contribution in [0.25, 0.3) is 0 Å². The van der Waals surface area contributed by atoms with Crippen LogP contribution < -0.4 is 20.5 Å². The molecule has 8 heteroatoms. The van der Waals surface area contributed by atoms with E-state index >= 15 is 0 Å². The third kappa shape index (κ3) is 7.13. The molecule has 168 valence electrons. The molecule has 0 aliphatic carbocycles. The summed E-state index contributed by atoms with van der Waals surface area (Å²) in [6.07, 6.45) is -0.809. The minimum atomic E-state index is -0.822. The van der Waals surface area contributed by atoms with Gasteiger partial charge in [-0.25, -0.2) is 0 Å². The Morgan fingerprint density at radius 1 is 1.03 bits per heavy atom. The first-order valence-electron chi connectivity index (χ1n) is 10.4. The average Bonchev–Trinajstić information content (AvgIpc) is 2.80. The van der Waals surface area contributed by atoms with Gasteiger partial charge in [0.1, 0.15) is 5.75 Å². The third-order valence-electron chi connectivity index (χ3n) is 4.94. The van der Waals surface area contributed by atoms with Crippen molar-refractivity contribution in [3.63, 3.8) is 0 Å². The highest BCUT2D eigenvalue weighted by Crippen LogP contribution is 2.21. The fourth-order valence-corrected chi connectivity index (χ4v) is 2.91. The molecule has 0 aromatic heterocycles. The number of nitrogens with one attached hydrogen (secondary N) is 2. The van der Waals surface area contributed by atoms with Gasteiger partial charge in [0.15, 0.2) is 6.10 Å². The number of ether oxygens (including phenoxy) is 1. The number of aryl methyl sites for hydroxylation is 1. The van der Waals surface area contributed by atoms with Crippen LogP contribution in [-0.2, 0) is 14.4 Å². The summed E-state index contributed by atoms with van der Waals surface area (Å²) in [5, 5.41) is 8.85. The zero-order chi connectivity index (χ0) is 23.5. The molecule has 0 spiro atoms. The number of benzene rings is 2. The highest BCUT2D eigenvalue weighted by atomic mass is 16.5. The minimum absolute atomic E-state index is 0.0590. The zero-order valence-corrected chi connectivity index (χ0v) is 18.6. The number of hydrogen-bond acceptors (Lipinski definition) is 5. The second kappa shape index (κ2) is 12.1. The van der Waals surface area contributed by atoms with Crippen LogP contribution in [0.1, 0.15) is 37.3 Å². The molecule has 2 aromatic carbocycles. The van der Waals surface area contributed by atoms with E-state index in [9.17, 15) is 14.4 Å². The Morgan fingerprint density at radius 2 is 1.75 bits per heavy atom. The summed E-state index contributed by atoms with van der Waals surface area (Å²) in [5.41, 5.74) is 7.29. The van der Waals surface area contributed by atoms with Gasteiger partial charge < -0.3 is 9.64 Å². The molecule has 1 unspecified atom stereocenters. The molecule has 2 aromatic rings. The number of para-hydroxylation sites is 1. The van der Waals surface area contributed by atoms with Gasteiger partial charge in [-0.3, -0.25) is 25.2 Å². The SMILES string of the molecule is Cc1cccc(OC(C)C(=O)NNC(=O)CCC(=O)N(CCC#N)c2ccccc2)c1C. The Balaban J connectivity index is 1.82. The molecule has 32 heavy (non-hydrogen) atoms. The van der Waals surface area contributed by atoms with Crippen molar-refractivity contribution in [1.82, 2.24) is 10.9 Å². The number of hydrogen-bond donors (Lipinski definition) is 2. The zero-order valence-electron chi connectivity index (χ0n) is 18.6. The fraction of sp³-hybridized carbons (Fsp3) is 0.333. The van der Waals surface area contributed by atoms with Crippen LogP contribution in [0.2, 0.25) is 0 Å². The van der Waals surface area contributed by atoms with Gasteiger partial charge in [0.05, 0.1) is 12.5 Å². The predicted octanol–water partition coefficient (Wildman–Crippen LogP) is 2.95. The lowest BCUT2D eigenvalue weighted by Gasteiger charge is -2.21. The van der Waals surface area contributed by atoms with Crippen molar-refractivity contribution in [2.75, 3.05) is 11.4 Å². The fourth-order valence-electron chi connectivity index (χ4n) is 2.91. The highest BCUT2D eigenvalue weighted by molar-refractivity contribution is 5.95. The lowest BCUT2D eigenvalue weighted by atomic mass is 10.1. The second-order valence-electron chi connectivity index (χ2n) is 7.28. The van der Waals surface area contributed by atoms with E-state index in [1.165, 1.54) is 4.90 Å². The Bertz CT molecular complexity index is 985. The largest absolute Gasteiger partial charge is 0.481 e. The molecule has 0 heterocycles.